The molecule has 0 radical (unpaired) electrons. The Labute approximate surface area is 109 Å². The lowest BCUT2D eigenvalue weighted by atomic mass is 10.1. The van der Waals surface area contributed by atoms with E-state index in [2.05, 4.69) is 18.7 Å². The first kappa shape index (κ1) is 14.5. The number of hydrogen-bond donors (Lipinski definition) is 0. The maximum atomic E-state index is 5.58. The number of ether oxygens (including phenoxy) is 1. The van der Waals surface area contributed by atoms with Gasteiger partial charge in [-0.15, -0.1) is 0 Å². The second-order valence-electron chi connectivity index (χ2n) is 4.35. The van der Waals surface area contributed by atoms with Gasteiger partial charge in [0.2, 0.25) is 0 Å². The van der Waals surface area contributed by atoms with Gasteiger partial charge >= 0.3 is 0 Å². The molecule has 1 aromatic rings. The summed E-state index contributed by atoms with van der Waals surface area (Å²) in [6.07, 6.45) is 1.83. The van der Waals surface area contributed by atoms with Crippen LogP contribution in [0.4, 0.5) is 0 Å². The van der Waals surface area contributed by atoms with Crippen LogP contribution in [-0.4, -0.2) is 25.0 Å². The molecule has 0 spiro atoms. The van der Waals surface area contributed by atoms with E-state index in [-0.39, 0.29) is 6.10 Å². The van der Waals surface area contributed by atoms with Crippen molar-refractivity contribution in [3.8, 4) is 0 Å². The summed E-state index contributed by atoms with van der Waals surface area (Å²) in [5.41, 5.74) is 3.03. The lowest BCUT2D eigenvalue weighted by molar-refractivity contribution is 0.106. The minimum Gasteiger partial charge on any atom is -0.391 e. The molecule has 0 unspecified atom stereocenters. The van der Waals surface area contributed by atoms with Crippen LogP contribution in [0.5, 0.6) is 0 Å². The van der Waals surface area contributed by atoms with Gasteiger partial charge in [-0.25, -0.2) is 0 Å². The van der Waals surface area contributed by atoms with Crippen molar-refractivity contribution in [2.75, 3.05) is 13.2 Å². The molecule has 0 aromatic heterocycles. The Bertz CT molecular complexity index is 393. The summed E-state index contributed by atoms with van der Waals surface area (Å²) in [5.74, 6) is 0. The second-order valence-corrected chi connectivity index (χ2v) is 4.35. The summed E-state index contributed by atoms with van der Waals surface area (Å²) in [4.78, 5) is 5.15. The van der Waals surface area contributed by atoms with Gasteiger partial charge < -0.3 is 9.57 Å². The van der Waals surface area contributed by atoms with E-state index in [1.807, 2.05) is 38.1 Å². The highest BCUT2D eigenvalue weighted by molar-refractivity contribution is 6.01. The van der Waals surface area contributed by atoms with E-state index in [0.717, 1.165) is 11.3 Å². The van der Waals surface area contributed by atoms with Crippen molar-refractivity contribution in [2.24, 2.45) is 5.16 Å². The van der Waals surface area contributed by atoms with Crippen LogP contribution in [0.25, 0.3) is 0 Å². The predicted molar refractivity (Wildman–Crippen MR) is 75.0 cm³/mol. The number of nitrogens with zero attached hydrogens (tertiary/aromatic N) is 1. The van der Waals surface area contributed by atoms with Crippen molar-refractivity contribution in [1.29, 1.82) is 0 Å². The fraction of sp³-hybridized carbons (Fsp3) is 0.400. The topological polar surface area (TPSA) is 30.8 Å². The molecule has 0 saturated carbocycles. The Hall–Kier alpha value is -1.61. The number of benzene rings is 1. The average Bonchev–Trinajstić information content (AvgIpc) is 2.34. The average molecular weight is 247 g/mol. The van der Waals surface area contributed by atoms with Gasteiger partial charge in [0.25, 0.3) is 0 Å². The van der Waals surface area contributed by atoms with E-state index < -0.39 is 0 Å². The van der Waals surface area contributed by atoms with E-state index in [4.69, 9.17) is 9.57 Å². The van der Waals surface area contributed by atoms with E-state index in [9.17, 15) is 0 Å². The first-order chi connectivity index (χ1) is 8.63. The van der Waals surface area contributed by atoms with E-state index in [1.165, 1.54) is 5.56 Å². The van der Waals surface area contributed by atoms with Crippen LogP contribution in [0.3, 0.4) is 0 Å². The Morgan fingerprint density at radius 1 is 1.33 bits per heavy atom. The normalized spacial score (nSPS) is 11.7. The Morgan fingerprint density at radius 2 is 2.00 bits per heavy atom. The summed E-state index contributed by atoms with van der Waals surface area (Å²) in [6, 6.07) is 8.14. The Morgan fingerprint density at radius 3 is 2.56 bits per heavy atom. The second kappa shape index (κ2) is 7.67. The van der Waals surface area contributed by atoms with Gasteiger partial charge in [0.15, 0.2) is 0 Å². The summed E-state index contributed by atoms with van der Waals surface area (Å²) in [6.45, 7) is 10.5. The highest BCUT2D eigenvalue weighted by Gasteiger charge is 2.06. The molecule has 0 fully saturated rings. The maximum Gasteiger partial charge on any atom is 0.135 e. The van der Waals surface area contributed by atoms with Crippen molar-refractivity contribution in [1.82, 2.24) is 0 Å². The number of aryl methyl sites for hydroxylation is 1. The van der Waals surface area contributed by atoms with E-state index in [0.29, 0.717) is 13.2 Å². The molecule has 0 aliphatic carbocycles. The van der Waals surface area contributed by atoms with Crippen LogP contribution in [0.1, 0.15) is 25.0 Å². The highest BCUT2D eigenvalue weighted by atomic mass is 16.6. The smallest absolute Gasteiger partial charge is 0.135 e. The molecule has 0 N–H and O–H groups in total. The standard InChI is InChI=1S/C15H21NO2/c1-5-10-18-16-15(11-17-12(2)3)14-8-6-13(4)7-9-14/h5-9,12H,1,10-11H2,2-4H3/b16-15+. The van der Waals surface area contributed by atoms with Crippen molar-refractivity contribution in [2.45, 2.75) is 26.9 Å². The van der Waals surface area contributed by atoms with Crippen LogP contribution >= 0.6 is 0 Å². The molecular weight excluding hydrogens is 226 g/mol. The monoisotopic (exact) mass is 247 g/mol. The van der Waals surface area contributed by atoms with Crippen molar-refractivity contribution in [3.63, 3.8) is 0 Å². The third kappa shape index (κ3) is 5.15. The minimum absolute atomic E-state index is 0.167. The Balaban J connectivity index is 2.78. The third-order valence-electron chi connectivity index (χ3n) is 2.31. The molecule has 3 heteroatoms. The van der Waals surface area contributed by atoms with Crippen LogP contribution in [-0.2, 0) is 9.57 Å². The number of oxime groups is 1. The third-order valence-corrected chi connectivity index (χ3v) is 2.31. The molecule has 1 aromatic carbocycles. The minimum atomic E-state index is 0.167. The molecule has 0 aliphatic rings. The number of hydrogen-bond acceptors (Lipinski definition) is 3. The van der Waals surface area contributed by atoms with Crippen molar-refractivity contribution in [3.05, 3.63) is 48.0 Å². The zero-order valence-corrected chi connectivity index (χ0v) is 11.3. The van der Waals surface area contributed by atoms with E-state index >= 15 is 0 Å². The van der Waals surface area contributed by atoms with Crippen LogP contribution in [0.15, 0.2) is 42.1 Å². The first-order valence-corrected chi connectivity index (χ1v) is 6.12. The molecule has 0 saturated heterocycles. The molecular formula is C15H21NO2. The quantitative estimate of drug-likeness (QED) is 0.320. The van der Waals surface area contributed by atoms with Gasteiger partial charge in [-0.3, -0.25) is 0 Å². The zero-order chi connectivity index (χ0) is 13.4. The van der Waals surface area contributed by atoms with Gasteiger partial charge in [-0.2, -0.15) is 0 Å². The molecule has 3 nitrogen and oxygen atoms in total. The van der Waals surface area contributed by atoms with Crippen molar-refractivity contribution < 1.29 is 9.57 Å². The number of rotatable bonds is 7. The summed E-state index contributed by atoms with van der Waals surface area (Å²) < 4.78 is 5.58. The Kier molecular flexibility index (Phi) is 6.15. The molecule has 0 heterocycles. The predicted octanol–water partition coefficient (Wildman–Crippen LogP) is 3.33. The molecule has 1 rings (SSSR count). The zero-order valence-electron chi connectivity index (χ0n) is 11.3. The summed E-state index contributed by atoms with van der Waals surface area (Å²) >= 11 is 0. The maximum absolute atomic E-state index is 5.58. The molecule has 0 atom stereocenters. The fourth-order valence-electron chi connectivity index (χ4n) is 1.32. The lowest BCUT2D eigenvalue weighted by Crippen LogP contribution is -2.15. The van der Waals surface area contributed by atoms with Gasteiger partial charge in [0.05, 0.1) is 12.7 Å². The van der Waals surface area contributed by atoms with Crippen LogP contribution in [0, 0.1) is 6.92 Å². The molecule has 0 amide bonds. The largest absolute Gasteiger partial charge is 0.391 e. The SMILES string of the molecule is C=CCO/N=C(\COC(C)C)c1ccc(C)cc1. The summed E-state index contributed by atoms with van der Waals surface area (Å²) in [5, 5.41) is 4.11. The molecule has 0 bridgehead atoms. The van der Waals surface area contributed by atoms with E-state index in [1.54, 1.807) is 6.08 Å². The summed E-state index contributed by atoms with van der Waals surface area (Å²) in [7, 11) is 0. The van der Waals surface area contributed by atoms with Crippen LogP contribution in [0.2, 0.25) is 0 Å². The van der Waals surface area contributed by atoms with Gasteiger partial charge in [0, 0.05) is 5.56 Å². The highest BCUT2D eigenvalue weighted by Crippen LogP contribution is 2.06. The van der Waals surface area contributed by atoms with Crippen LogP contribution < -0.4 is 0 Å². The molecule has 0 aliphatic heterocycles. The lowest BCUT2D eigenvalue weighted by Gasteiger charge is -2.10. The fourth-order valence-corrected chi connectivity index (χ4v) is 1.32. The van der Waals surface area contributed by atoms with Gasteiger partial charge in [0.1, 0.15) is 12.3 Å². The van der Waals surface area contributed by atoms with Gasteiger partial charge in [-0.1, -0.05) is 47.6 Å². The molecule has 98 valence electrons. The van der Waals surface area contributed by atoms with Crippen molar-refractivity contribution >= 4 is 5.71 Å². The van der Waals surface area contributed by atoms with Gasteiger partial charge in [-0.05, 0) is 20.8 Å². The molecule has 18 heavy (non-hydrogen) atoms. The first-order valence-electron chi connectivity index (χ1n) is 6.12.